The molecule has 1 heterocycles. The molecule has 2 aromatic carbocycles. The van der Waals surface area contributed by atoms with Gasteiger partial charge in [0.25, 0.3) is 0 Å². The molecule has 0 aliphatic heterocycles. The van der Waals surface area contributed by atoms with E-state index in [0.717, 1.165) is 23.0 Å². The van der Waals surface area contributed by atoms with Crippen LogP contribution in [0.1, 0.15) is 23.6 Å². The lowest BCUT2D eigenvalue weighted by atomic mass is 10.1. The molecule has 1 amide bonds. The van der Waals surface area contributed by atoms with Crippen molar-refractivity contribution in [1.29, 1.82) is 0 Å². The van der Waals surface area contributed by atoms with E-state index in [1.165, 1.54) is 29.6 Å². The smallest absolute Gasteiger partial charge is 0.321 e. The van der Waals surface area contributed by atoms with Crippen molar-refractivity contribution < 1.29 is 9.53 Å². The Balaban J connectivity index is 1.55. The Morgan fingerprint density at radius 1 is 1.07 bits per heavy atom. The van der Waals surface area contributed by atoms with Gasteiger partial charge in [-0.3, -0.25) is 23.5 Å². The number of amides is 1. The molecule has 1 aliphatic carbocycles. The number of carbonyl (C=O) groups excluding carboxylic acids is 1. The minimum absolute atomic E-state index is 0.0663. The number of hydrogen-bond donors (Lipinski definition) is 1. The molecule has 7 heteroatoms. The van der Waals surface area contributed by atoms with E-state index < -0.39 is 11.1 Å². The van der Waals surface area contributed by atoms with E-state index in [1.807, 2.05) is 18.2 Å². The fourth-order valence-electron chi connectivity index (χ4n) is 3.75. The molecule has 3 aromatic rings. The number of nitrogens with zero attached hydrogens (tertiary/aromatic N) is 2. The van der Waals surface area contributed by atoms with Crippen LogP contribution in [0.5, 0.6) is 5.75 Å². The predicted molar refractivity (Wildman–Crippen MR) is 108 cm³/mol. The molecule has 0 saturated carbocycles. The van der Waals surface area contributed by atoms with Crippen molar-refractivity contribution in [3.63, 3.8) is 0 Å². The molecule has 0 saturated heterocycles. The highest BCUT2D eigenvalue weighted by Crippen LogP contribution is 2.30. The second-order valence-corrected chi connectivity index (χ2v) is 6.94. The molecular weight excluding hydrogens is 370 g/mol. The van der Waals surface area contributed by atoms with Crippen molar-refractivity contribution in [2.75, 3.05) is 7.11 Å². The molecule has 1 N–H and O–H groups in total. The van der Waals surface area contributed by atoms with E-state index in [-0.39, 0.29) is 18.5 Å². The summed E-state index contributed by atoms with van der Waals surface area (Å²) in [7, 11) is 1.50. The van der Waals surface area contributed by atoms with Crippen molar-refractivity contribution in [3.05, 3.63) is 92.8 Å². The summed E-state index contributed by atoms with van der Waals surface area (Å²) in [4.78, 5) is 37.6. The van der Waals surface area contributed by atoms with Gasteiger partial charge in [-0.05, 0) is 36.1 Å². The summed E-state index contributed by atoms with van der Waals surface area (Å²) >= 11 is 0. The Morgan fingerprint density at radius 2 is 1.83 bits per heavy atom. The highest BCUT2D eigenvalue weighted by molar-refractivity contribution is 5.76. The number of methoxy groups -OCH3 is 1. The molecule has 0 spiro atoms. The SMILES string of the molecule is COc1ccccc1-n1ccn(CC(=O)NC2CCc3ccccc32)c(=O)c1=O. The van der Waals surface area contributed by atoms with Gasteiger partial charge in [0, 0.05) is 12.4 Å². The molecule has 148 valence electrons. The molecule has 0 fully saturated rings. The number of carbonyl (C=O) groups is 1. The van der Waals surface area contributed by atoms with E-state index in [0.29, 0.717) is 11.4 Å². The molecule has 0 bridgehead atoms. The maximum absolute atomic E-state index is 12.6. The fourth-order valence-corrected chi connectivity index (χ4v) is 3.75. The summed E-state index contributed by atoms with van der Waals surface area (Å²) in [6.45, 7) is -0.209. The Hall–Kier alpha value is -3.61. The minimum Gasteiger partial charge on any atom is -0.495 e. The third-order valence-electron chi connectivity index (χ3n) is 5.19. The molecule has 1 unspecified atom stereocenters. The monoisotopic (exact) mass is 391 g/mol. The quantitative estimate of drug-likeness (QED) is 0.673. The van der Waals surface area contributed by atoms with Gasteiger partial charge in [0.05, 0.1) is 18.8 Å². The summed E-state index contributed by atoms with van der Waals surface area (Å²) in [5.74, 6) is 0.174. The Morgan fingerprint density at radius 3 is 2.66 bits per heavy atom. The van der Waals surface area contributed by atoms with Crippen molar-refractivity contribution in [1.82, 2.24) is 14.5 Å². The number of hydrogen-bond acceptors (Lipinski definition) is 4. The predicted octanol–water partition coefficient (Wildman–Crippen LogP) is 1.81. The van der Waals surface area contributed by atoms with Crippen LogP contribution in [0, 0.1) is 0 Å². The van der Waals surface area contributed by atoms with E-state index in [1.54, 1.807) is 24.3 Å². The van der Waals surface area contributed by atoms with Crippen molar-refractivity contribution >= 4 is 5.91 Å². The molecule has 1 aromatic heterocycles. The van der Waals surface area contributed by atoms with Crippen molar-refractivity contribution in [2.45, 2.75) is 25.4 Å². The highest BCUT2D eigenvalue weighted by atomic mass is 16.5. The first-order chi connectivity index (χ1) is 14.1. The largest absolute Gasteiger partial charge is 0.495 e. The molecule has 29 heavy (non-hydrogen) atoms. The zero-order chi connectivity index (χ0) is 20.4. The van der Waals surface area contributed by atoms with E-state index in [2.05, 4.69) is 11.4 Å². The second-order valence-electron chi connectivity index (χ2n) is 6.94. The van der Waals surface area contributed by atoms with Crippen LogP contribution < -0.4 is 21.2 Å². The number of aryl methyl sites for hydroxylation is 1. The van der Waals surface area contributed by atoms with Gasteiger partial charge in [0.2, 0.25) is 5.91 Å². The zero-order valence-electron chi connectivity index (χ0n) is 16.0. The first kappa shape index (κ1) is 18.7. The molecule has 1 aliphatic rings. The van der Waals surface area contributed by atoms with Gasteiger partial charge in [0.1, 0.15) is 12.3 Å². The number of fused-ring (bicyclic) bond motifs is 1. The summed E-state index contributed by atoms with van der Waals surface area (Å²) in [5.41, 5.74) is 1.31. The summed E-state index contributed by atoms with van der Waals surface area (Å²) in [5, 5.41) is 2.97. The topological polar surface area (TPSA) is 82.3 Å². The van der Waals surface area contributed by atoms with Crippen LogP contribution in [-0.2, 0) is 17.8 Å². The van der Waals surface area contributed by atoms with Crippen LogP contribution in [-0.4, -0.2) is 22.2 Å². The van der Waals surface area contributed by atoms with Gasteiger partial charge >= 0.3 is 11.1 Å². The van der Waals surface area contributed by atoms with Gasteiger partial charge in [-0.2, -0.15) is 0 Å². The summed E-state index contributed by atoms with van der Waals surface area (Å²) < 4.78 is 7.61. The van der Waals surface area contributed by atoms with Crippen LogP contribution in [0.3, 0.4) is 0 Å². The summed E-state index contributed by atoms with van der Waals surface area (Å²) in [6.07, 6.45) is 4.66. The van der Waals surface area contributed by atoms with Gasteiger partial charge in [-0.15, -0.1) is 0 Å². The lowest BCUT2D eigenvalue weighted by Crippen LogP contribution is -2.43. The van der Waals surface area contributed by atoms with Gasteiger partial charge in [-0.25, -0.2) is 0 Å². The number of nitrogens with one attached hydrogen (secondary N) is 1. The van der Waals surface area contributed by atoms with Crippen LogP contribution >= 0.6 is 0 Å². The van der Waals surface area contributed by atoms with E-state index in [4.69, 9.17) is 4.74 Å². The summed E-state index contributed by atoms with van der Waals surface area (Å²) in [6, 6.07) is 14.9. The van der Waals surface area contributed by atoms with Crippen LogP contribution in [0.15, 0.2) is 70.5 Å². The molecule has 4 rings (SSSR count). The lowest BCUT2D eigenvalue weighted by molar-refractivity contribution is -0.122. The molecule has 1 atom stereocenters. The van der Waals surface area contributed by atoms with Crippen LogP contribution in [0.4, 0.5) is 0 Å². The maximum Gasteiger partial charge on any atom is 0.321 e. The third-order valence-corrected chi connectivity index (χ3v) is 5.19. The minimum atomic E-state index is -0.764. The van der Waals surface area contributed by atoms with Gasteiger partial charge < -0.3 is 10.1 Å². The number of rotatable bonds is 5. The Labute approximate surface area is 167 Å². The van der Waals surface area contributed by atoms with Crippen molar-refractivity contribution in [3.8, 4) is 11.4 Å². The van der Waals surface area contributed by atoms with Gasteiger partial charge in [-0.1, -0.05) is 36.4 Å². The standard InChI is InChI=1S/C22H21N3O4/c1-29-19-9-5-4-8-18(19)25-13-12-24(21(27)22(25)28)14-20(26)23-17-11-10-15-6-2-3-7-16(15)17/h2-9,12-13,17H,10-11,14H2,1H3,(H,23,26). The van der Waals surface area contributed by atoms with Gasteiger partial charge in [0.15, 0.2) is 0 Å². The van der Waals surface area contributed by atoms with E-state index in [9.17, 15) is 14.4 Å². The first-order valence-corrected chi connectivity index (χ1v) is 9.41. The number of ether oxygens (including phenoxy) is 1. The molecular formula is C22H21N3O4. The Bertz CT molecular complexity index is 1180. The normalized spacial score (nSPS) is 15.0. The first-order valence-electron chi connectivity index (χ1n) is 9.41. The average Bonchev–Trinajstić information content (AvgIpc) is 3.14. The zero-order valence-corrected chi connectivity index (χ0v) is 16.0. The second kappa shape index (κ2) is 7.79. The highest BCUT2D eigenvalue weighted by Gasteiger charge is 2.23. The maximum atomic E-state index is 12.6. The third kappa shape index (κ3) is 3.59. The molecule has 7 nitrogen and oxygen atoms in total. The lowest BCUT2D eigenvalue weighted by Gasteiger charge is -2.15. The molecule has 0 radical (unpaired) electrons. The van der Waals surface area contributed by atoms with Crippen LogP contribution in [0.25, 0.3) is 5.69 Å². The van der Waals surface area contributed by atoms with Crippen LogP contribution in [0.2, 0.25) is 0 Å². The van der Waals surface area contributed by atoms with Crippen molar-refractivity contribution in [2.24, 2.45) is 0 Å². The number of aromatic nitrogens is 2. The average molecular weight is 391 g/mol. The fraction of sp³-hybridized carbons (Fsp3) is 0.227. The number of para-hydroxylation sites is 2. The number of benzene rings is 2. The Kier molecular flexibility index (Phi) is 5.03. The van der Waals surface area contributed by atoms with E-state index >= 15 is 0 Å².